The van der Waals surface area contributed by atoms with Crippen LogP contribution in [-0.4, -0.2) is 30.9 Å². The molecule has 3 rings (SSSR count). The smallest absolute Gasteiger partial charge is 0.243 e. The van der Waals surface area contributed by atoms with Gasteiger partial charge in [0, 0.05) is 11.3 Å². The van der Waals surface area contributed by atoms with Crippen LogP contribution in [-0.2, 0) is 11.2 Å². The molecule has 0 saturated heterocycles. The number of rotatable bonds is 5. The van der Waals surface area contributed by atoms with Crippen molar-refractivity contribution in [3.05, 3.63) is 53.6 Å². The summed E-state index contributed by atoms with van der Waals surface area (Å²) < 4.78 is 5.84. The zero-order valence-corrected chi connectivity index (χ0v) is 15.4. The van der Waals surface area contributed by atoms with E-state index in [4.69, 9.17) is 4.74 Å². The van der Waals surface area contributed by atoms with E-state index in [1.54, 1.807) is 18.2 Å². The second kappa shape index (κ2) is 7.60. The van der Waals surface area contributed by atoms with Crippen LogP contribution < -0.4 is 15.0 Å². The van der Waals surface area contributed by atoms with E-state index in [0.717, 1.165) is 17.8 Å². The van der Waals surface area contributed by atoms with E-state index in [2.05, 4.69) is 12.2 Å². The van der Waals surface area contributed by atoms with Gasteiger partial charge in [0.15, 0.2) is 5.78 Å². The van der Waals surface area contributed by atoms with Crippen LogP contribution in [0, 0.1) is 0 Å². The van der Waals surface area contributed by atoms with E-state index < -0.39 is 0 Å². The molecule has 0 spiro atoms. The summed E-state index contributed by atoms with van der Waals surface area (Å²) in [7, 11) is 0. The molecule has 1 N–H and O–H groups in total. The number of benzene rings is 2. The van der Waals surface area contributed by atoms with Crippen molar-refractivity contribution >= 4 is 23.1 Å². The summed E-state index contributed by atoms with van der Waals surface area (Å²) in [6.07, 6.45) is 0.942. The van der Waals surface area contributed by atoms with Crippen LogP contribution in [0.1, 0.15) is 36.7 Å². The number of nitrogens with zero attached hydrogens (tertiary/aromatic N) is 1. The van der Waals surface area contributed by atoms with E-state index in [-0.39, 0.29) is 24.3 Å². The lowest BCUT2D eigenvalue weighted by Crippen LogP contribution is -2.42. The number of fused-ring (bicyclic) bond motifs is 1. The van der Waals surface area contributed by atoms with Gasteiger partial charge in [-0.1, -0.05) is 19.1 Å². The summed E-state index contributed by atoms with van der Waals surface area (Å²) in [4.78, 5) is 26.2. The summed E-state index contributed by atoms with van der Waals surface area (Å²) in [6.45, 7) is 6.40. The fourth-order valence-corrected chi connectivity index (χ4v) is 3.09. The average Bonchev–Trinajstić information content (AvgIpc) is 2.61. The first-order valence-electron chi connectivity index (χ1n) is 8.91. The molecule has 2 aromatic carbocycles. The predicted octanol–water partition coefficient (Wildman–Crippen LogP) is 3.68. The fourth-order valence-electron chi connectivity index (χ4n) is 3.09. The number of nitrogens with one attached hydrogen (secondary N) is 1. The molecule has 2 aromatic rings. The standard InChI is InChI=1S/C21H24N2O3/c1-4-16-5-8-18(9-6-16)22-21(25)13-23-12-14(2)26-20-10-7-17(15(3)24)11-19(20)23/h5-11,14H,4,12-13H2,1-3H3,(H,22,25). The fraction of sp³-hybridized carbons (Fsp3) is 0.333. The van der Waals surface area contributed by atoms with Crippen molar-refractivity contribution < 1.29 is 14.3 Å². The number of Topliss-reactive ketones (excluding diaryl/α,β-unsaturated/α-hetero) is 1. The molecule has 0 radical (unpaired) electrons. The van der Waals surface area contributed by atoms with E-state index in [1.807, 2.05) is 36.1 Å². The first-order chi connectivity index (χ1) is 12.5. The summed E-state index contributed by atoms with van der Waals surface area (Å²) in [5.41, 5.74) is 3.41. The Morgan fingerprint density at radius 1 is 1.19 bits per heavy atom. The molecule has 0 bridgehead atoms. The lowest BCUT2D eigenvalue weighted by molar-refractivity contribution is -0.115. The number of carbonyl (C=O) groups is 2. The zero-order valence-electron chi connectivity index (χ0n) is 15.4. The Kier molecular flexibility index (Phi) is 5.26. The minimum absolute atomic E-state index is 0.00756. The van der Waals surface area contributed by atoms with Crippen molar-refractivity contribution in [1.29, 1.82) is 0 Å². The average molecular weight is 352 g/mol. The second-order valence-electron chi connectivity index (χ2n) is 6.65. The molecule has 5 nitrogen and oxygen atoms in total. The van der Waals surface area contributed by atoms with Gasteiger partial charge in [-0.25, -0.2) is 0 Å². The Labute approximate surface area is 154 Å². The van der Waals surface area contributed by atoms with Crippen LogP contribution in [0.2, 0.25) is 0 Å². The Bertz CT molecular complexity index is 815. The molecule has 1 unspecified atom stereocenters. The summed E-state index contributed by atoms with van der Waals surface area (Å²) in [5, 5.41) is 2.94. The molecular weight excluding hydrogens is 328 g/mol. The van der Waals surface area contributed by atoms with Gasteiger partial charge in [-0.15, -0.1) is 0 Å². The SMILES string of the molecule is CCc1ccc(NC(=O)CN2CC(C)Oc3ccc(C(C)=O)cc32)cc1. The molecule has 26 heavy (non-hydrogen) atoms. The molecule has 0 fully saturated rings. The number of ether oxygens (including phenoxy) is 1. The van der Waals surface area contributed by atoms with Crippen molar-refractivity contribution in [3.63, 3.8) is 0 Å². The summed E-state index contributed by atoms with van der Waals surface area (Å²) in [6, 6.07) is 13.2. The topological polar surface area (TPSA) is 58.6 Å². The van der Waals surface area contributed by atoms with Crippen LogP contribution in [0.3, 0.4) is 0 Å². The quantitative estimate of drug-likeness (QED) is 0.834. The van der Waals surface area contributed by atoms with Gasteiger partial charge in [-0.05, 0) is 56.2 Å². The van der Waals surface area contributed by atoms with E-state index in [9.17, 15) is 9.59 Å². The monoisotopic (exact) mass is 352 g/mol. The lowest BCUT2D eigenvalue weighted by atomic mass is 10.1. The Morgan fingerprint density at radius 3 is 2.58 bits per heavy atom. The molecule has 1 amide bonds. The first-order valence-corrected chi connectivity index (χ1v) is 8.91. The van der Waals surface area contributed by atoms with E-state index in [1.165, 1.54) is 12.5 Å². The van der Waals surface area contributed by atoms with Crippen molar-refractivity contribution in [2.24, 2.45) is 0 Å². The highest BCUT2D eigenvalue weighted by Crippen LogP contribution is 2.34. The van der Waals surface area contributed by atoms with Crippen LogP contribution in [0.15, 0.2) is 42.5 Å². The van der Waals surface area contributed by atoms with Gasteiger partial charge in [0.25, 0.3) is 0 Å². The van der Waals surface area contributed by atoms with Gasteiger partial charge in [0.05, 0.1) is 18.8 Å². The highest BCUT2D eigenvalue weighted by Gasteiger charge is 2.25. The molecule has 0 saturated carbocycles. The number of amides is 1. The number of aryl methyl sites for hydroxylation is 1. The van der Waals surface area contributed by atoms with Gasteiger partial charge in [-0.3, -0.25) is 9.59 Å². The third-order valence-corrected chi connectivity index (χ3v) is 4.49. The third-order valence-electron chi connectivity index (χ3n) is 4.49. The minimum Gasteiger partial charge on any atom is -0.487 e. The lowest BCUT2D eigenvalue weighted by Gasteiger charge is -2.34. The minimum atomic E-state index is -0.0949. The van der Waals surface area contributed by atoms with Gasteiger partial charge >= 0.3 is 0 Å². The zero-order chi connectivity index (χ0) is 18.7. The Morgan fingerprint density at radius 2 is 1.92 bits per heavy atom. The normalized spacial score (nSPS) is 15.8. The van der Waals surface area contributed by atoms with Crippen LogP contribution in [0.25, 0.3) is 0 Å². The second-order valence-corrected chi connectivity index (χ2v) is 6.65. The molecule has 5 heteroatoms. The molecule has 1 aliphatic heterocycles. The highest BCUT2D eigenvalue weighted by molar-refractivity contribution is 5.97. The van der Waals surface area contributed by atoms with Crippen molar-refractivity contribution in [2.75, 3.05) is 23.3 Å². The van der Waals surface area contributed by atoms with Crippen molar-refractivity contribution in [3.8, 4) is 5.75 Å². The molecular formula is C21H24N2O3. The largest absolute Gasteiger partial charge is 0.487 e. The van der Waals surface area contributed by atoms with Crippen molar-refractivity contribution in [1.82, 2.24) is 0 Å². The molecule has 1 heterocycles. The predicted molar refractivity (Wildman–Crippen MR) is 103 cm³/mol. The van der Waals surface area contributed by atoms with Crippen molar-refractivity contribution in [2.45, 2.75) is 33.3 Å². The van der Waals surface area contributed by atoms with Gasteiger partial charge in [0.2, 0.25) is 5.91 Å². The Hall–Kier alpha value is -2.82. The van der Waals surface area contributed by atoms with Crippen LogP contribution in [0.5, 0.6) is 5.75 Å². The molecule has 0 aliphatic carbocycles. The van der Waals surface area contributed by atoms with Gasteiger partial charge in [0.1, 0.15) is 11.9 Å². The maximum atomic E-state index is 12.5. The maximum Gasteiger partial charge on any atom is 0.243 e. The number of carbonyl (C=O) groups excluding carboxylic acids is 2. The highest BCUT2D eigenvalue weighted by atomic mass is 16.5. The van der Waals surface area contributed by atoms with Crippen LogP contribution in [0.4, 0.5) is 11.4 Å². The van der Waals surface area contributed by atoms with Crippen LogP contribution >= 0.6 is 0 Å². The molecule has 1 aliphatic rings. The Balaban J connectivity index is 1.75. The number of hydrogen-bond donors (Lipinski definition) is 1. The molecule has 1 atom stereocenters. The number of hydrogen-bond acceptors (Lipinski definition) is 4. The van der Waals surface area contributed by atoms with E-state index in [0.29, 0.717) is 17.9 Å². The summed E-state index contributed by atoms with van der Waals surface area (Å²) in [5.74, 6) is 0.600. The number of anilines is 2. The summed E-state index contributed by atoms with van der Waals surface area (Å²) >= 11 is 0. The van der Waals surface area contributed by atoms with Gasteiger partial charge in [-0.2, -0.15) is 0 Å². The molecule has 136 valence electrons. The van der Waals surface area contributed by atoms with Gasteiger partial charge < -0.3 is 15.0 Å². The molecule has 0 aromatic heterocycles. The first kappa shape index (κ1) is 18.0. The maximum absolute atomic E-state index is 12.5. The third kappa shape index (κ3) is 4.04. The number of ketones is 1. The van der Waals surface area contributed by atoms with E-state index >= 15 is 0 Å².